The molecule has 1 fully saturated rings. The smallest absolute Gasteiger partial charge is 0.161 e. The number of nitrogens with zero attached hydrogens (tertiary/aromatic N) is 3. The summed E-state index contributed by atoms with van der Waals surface area (Å²) in [7, 11) is 0. The topological polar surface area (TPSA) is 49.6 Å². The Bertz CT molecular complexity index is 2320. The predicted molar refractivity (Wildman–Crippen MR) is 185 cm³/mol. The molecule has 1 saturated carbocycles. The highest BCUT2D eigenvalue weighted by atomic mass is 32.1. The highest BCUT2D eigenvalue weighted by Gasteiger charge is 2.44. The molecule has 0 aliphatic heterocycles. The van der Waals surface area contributed by atoms with E-state index in [2.05, 4.69) is 109 Å². The monoisotopic (exact) mass is 595 g/mol. The van der Waals surface area contributed by atoms with E-state index >= 15 is 0 Å². The number of rotatable bonds is 3. The van der Waals surface area contributed by atoms with Gasteiger partial charge in [0.2, 0.25) is 0 Å². The third-order valence-corrected chi connectivity index (χ3v) is 11.1. The third kappa shape index (κ3) is 4.01. The summed E-state index contributed by atoms with van der Waals surface area (Å²) >= 11 is 1.76. The van der Waals surface area contributed by atoms with E-state index < -0.39 is 0 Å². The molecule has 2 aromatic heterocycles. The van der Waals surface area contributed by atoms with Crippen LogP contribution < -0.4 is 0 Å². The van der Waals surface area contributed by atoms with Crippen LogP contribution in [0, 0.1) is 11.3 Å². The van der Waals surface area contributed by atoms with Gasteiger partial charge in [-0.3, -0.25) is 0 Å². The molecule has 0 radical (unpaired) electrons. The highest BCUT2D eigenvalue weighted by molar-refractivity contribution is 7.26. The molecule has 0 saturated heterocycles. The summed E-state index contributed by atoms with van der Waals surface area (Å²) in [6.45, 7) is 0. The van der Waals surface area contributed by atoms with Gasteiger partial charge in [-0.1, -0.05) is 110 Å². The van der Waals surface area contributed by atoms with Crippen molar-refractivity contribution in [3.05, 3.63) is 132 Å². The van der Waals surface area contributed by atoms with Crippen molar-refractivity contribution in [1.29, 1.82) is 5.26 Å². The molecule has 0 unspecified atom stereocenters. The molecule has 3 nitrogen and oxygen atoms in total. The SMILES string of the molecule is N#Cc1ccc2c(c1)C1(CCCCC1)c1ccc(-c3ccccc3-c3nc(-c4ccccc4)c4sc5ccccc5c4n3)cc1-2. The van der Waals surface area contributed by atoms with Gasteiger partial charge in [-0.25, -0.2) is 9.97 Å². The molecule has 0 N–H and O–H groups in total. The Kier molecular flexibility index (Phi) is 5.98. The minimum absolute atomic E-state index is 0.00651. The van der Waals surface area contributed by atoms with Crippen LogP contribution in [0.1, 0.15) is 48.8 Å². The Morgan fingerprint density at radius 3 is 2.24 bits per heavy atom. The number of benzene rings is 5. The van der Waals surface area contributed by atoms with Gasteiger partial charge in [0, 0.05) is 26.6 Å². The standard InChI is InChI=1S/C41H29N3S/c42-25-26-17-19-30-33-24-28(18-20-34(33)41(35(30)23-26)21-9-2-10-22-41)29-13-5-6-14-31(29)40-43-37(27-11-3-1-4-12-27)39-38(44-40)32-15-7-8-16-36(32)45-39/h1,3-8,11-20,23-24H,2,9-10,21-22H2. The second-order valence-corrected chi connectivity index (χ2v) is 13.4. The molecular formula is C41H29N3S. The molecule has 5 aromatic carbocycles. The first-order chi connectivity index (χ1) is 22.2. The van der Waals surface area contributed by atoms with Crippen molar-refractivity contribution in [2.75, 3.05) is 0 Å². The summed E-state index contributed by atoms with van der Waals surface area (Å²) in [4.78, 5) is 10.6. The Hall–Kier alpha value is -5.11. The van der Waals surface area contributed by atoms with E-state index in [0.717, 1.165) is 62.4 Å². The lowest BCUT2D eigenvalue weighted by atomic mass is 9.67. The van der Waals surface area contributed by atoms with Crippen LogP contribution >= 0.6 is 11.3 Å². The minimum atomic E-state index is 0.00651. The summed E-state index contributed by atoms with van der Waals surface area (Å²) in [6.07, 6.45) is 6.01. The highest BCUT2D eigenvalue weighted by Crippen LogP contribution is 2.56. The predicted octanol–water partition coefficient (Wildman–Crippen LogP) is 10.9. The molecule has 1 spiro atoms. The maximum atomic E-state index is 9.75. The van der Waals surface area contributed by atoms with Gasteiger partial charge >= 0.3 is 0 Å². The maximum Gasteiger partial charge on any atom is 0.161 e. The molecule has 7 aromatic rings. The Morgan fingerprint density at radius 1 is 0.622 bits per heavy atom. The van der Waals surface area contributed by atoms with E-state index in [-0.39, 0.29) is 5.41 Å². The minimum Gasteiger partial charge on any atom is -0.226 e. The molecule has 0 amide bonds. The summed E-state index contributed by atoms with van der Waals surface area (Å²) in [5.41, 5.74) is 12.5. The number of hydrogen-bond acceptors (Lipinski definition) is 4. The fourth-order valence-corrected chi connectivity index (χ4v) is 9.02. The van der Waals surface area contributed by atoms with Gasteiger partial charge in [0.1, 0.15) is 0 Å². The van der Waals surface area contributed by atoms with E-state index in [9.17, 15) is 5.26 Å². The number of hydrogen-bond donors (Lipinski definition) is 0. The molecule has 2 aliphatic rings. The van der Waals surface area contributed by atoms with E-state index in [1.165, 1.54) is 51.6 Å². The molecule has 2 aliphatic carbocycles. The summed E-state index contributed by atoms with van der Waals surface area (Å²) < 4.78 is 2.34. The normalized spacial score (nSPS) is 14.8. The van der Waals surface area contributed by atoms with Gasteiger partial charge in [-0.05, 0) is 70.5 Å². The molecular weight excluding hydrogens is 567 g/mol. The number of fused-ring (bicyclic) bond motifs is 8. The molecule has 9 rings (SSSR count). The quantitative estimate of drug-likeness (QED) is 0.204. The average Bonchev–Trinajstić information content (AvgIpc) is 3.61. The molecule has 0 atom stereocenters. The van der Waals surface area contributed by atoms with Gasteiger partial charge in [0.05, 0.1) is 27.5 Å². The van der Waals surface area contributed by atoms with Gasteiger partial charge in [-0.15, -0.1) is 11.3 Å². The first-order valence-corrected chi connectivity index (χ1v) is 16.6. The van der Waals surface area contributed by atoms with E-state index in [1.807, 2.05) is 12.1 Å². The molecule has 0 bridgehead atoms. The van der Waals surface area contributed by atoms with Crippen LogP contribution in [0.5, 0.6) is 0 Å². The average molecular weight is 596 g/mol. The molecule has 45 heavy (non-hydrogen) atoms. The zero-order valence-electron chi connectivity index (χ0n) is 24.8. The number of nitriles is 1. The van der Waals surface area contributed by atoms with Crippen molar-refractivity contribution in [3.8, 4) is 51.0 Å². The first kappa shape index (κ1) is 26.3. The van der Waals surface area contributed by atoms with Crippen molar-refractivity contribution >= 4 is 31.6 Å². The van der Waals surface area contributed by atoms with Crippen LogP contribution in [0.25, 0.3) is 65.2 Å². The molecule has 214 valence electrons. The summed E-state index contributed by atoms with van der Waals surface area (Å²) in [5.74, 6) is 0.740. The lowest BCUT2D eigenvalue weighted by molar-refractivity contribution is 0.353. The van der Waals surface area contributed by atoms with Crippen molar-refractivity contribution in [1.82, 2.24) is 9.97 Å². The van der Waals surface area contributed by atoms with Crippen LogP contribution in [0.4, 0.5) is 0 Å². The van der Waals surface area contributed by atoms with Crippen LogP contribution in [0.15, 0.2) is 115 Å². The van der Waals surface area contributed by atoms with Crippen LogP contribution in [0.2, 0.25) is 0 Å². The van der Waals surface area contributed by atoms with Crippen LogP contribution in [0.3, 0.4) is 0 Å². The fourth-order valence-electron chi connectivity index (χ4n) is 7.87. The lowest BCUT2D eigenvalue weighted by Crippen LogP contribution is -2.28. The van der Waals surface area contributed by atoms with Gasteiger partial charge in [0.15, 0.2) is 5.82 Å². The first-order valence-electron chi connectivity index (χ1n) is 15.8. The van der Waals surface area contributed by atoms with Gasteiger partial charge < -0.3 is 0 Å². The maximum absolute atomic E-state index is 9.75. The molecule has 2 heterocycles. The number of aromatic nitrogens is 2. The van der Waals surface area contributed by atoms with Gasteiger partial charge in [-0.2, -0.15) is 5.26 Å². The lowest BCUT2D eigenvalue weighted by Gasteiger charge is -2.36. The van der Waals surface area contributed by atoms with Crippen molar-refractivity contribution < 1.29 is 0 Å². The van der Waals surface area contributed by atoms with Crippen molar-refractivity contribution in [2.45, 2.75) is 37.5 Å². The zero-order valence-corrected chi connectivity index (χ0v) is 25.6. The van der Waals surface area contributed by atoms with Crippen LogP contribution in [-0.4, -0.2) is 9.97 Å². The summed E-state index contributed by atoms with van der Waals surface area (Å²) in [5, 5.41) is 10.9. The van der Waals surface area contributed by atoms with E-state index in [0.29, 0.717) is 0 Å². The molecule has 4 heteroatoms. The second kappa shape index (κ2) is 10.2. The Balaban J connectivity index is 1.25. The largest absolute Gasteiger partial charge is 0.226 e. The fraction of sp³-hybridized carbons (Fsp3) is 0.146. The van der Waals surface area contributed by atoms with E-state index in [4.69, 9.17) is 9.97 Å². The second-order valence-electron chi connectivity index (χ2n) is 12.4. The van der Waals surface area contributed by atoms with E-state index in [1.54, 1.807) is 11.3 Å². The van der Waals surface area contributed by atoms with Crippen molar-refractivity contribution in [3.63, 3.8) is 0 Å². The zero-order chi connectivity index (χ0) is 30.0. The van der Waals surface area contributed by atoms with Gasteiger partial charge in [0.25, 0.3) is 0 Å². The summed E-state index contributed by atoms with van der Waals surface area (Å²) in [6, 6.07) is 43.3. The third-order valence-electron chi connectivity index (χ3n) is 9.94. The number of thiophene rings is 1. The van der Waals surface area contributed by atoms with Crippen molar-refractivity contribution in [2.24, 2.45) is 0 Å². The Morgan fingerprint density at radius 2 is 1.40 bits per heavy atom. The Labute approximate surface area is 266 Å². The van der Waals surface area contributed by atoms with Crippen LogP contribution in [-0.2, 0) is 5.41 Å².